The highest BCUT2D eigenvalue weighted by molar-refractivity contribution is 8.12. The standard InChI is InChI=1S/C39H47ClN2O4S/c1-25(23-46-35-13-18-41-34-10-5-7-26(2)36(34)35)19-30-21-29-12-11-28(24-47-27(3)43)20-33(29)38(30)14-16-39(17-15-38,37(44)45-4)42-32-9-6-8-31(40)22-32/h6,8-9,11-13,18,20,22,25-26,30,42H,5,7,10,14-17,19,21,23-24H2,1-4H3/t25-,26-,30+,38?,39?/m1/s1. The van der Waals surface area contributed by atoms with Gasteiger partial charge in [-0.3, -0.25) is 9.78 Å². The average molecular weight is 675 g/mol. The summed E-state index contributed by atoms with van der Waals surface area (Å²) < 4.78 is 12.0. The van der Waals surface area contributed by atoms with Crippen LogP contribution in [0.2, 0.25) is 5.02 Å². The van der Waals surface area contributed by atoms with E-state index >= 15 is 0 Å². The monoisotopic (exact) mass is 674 g/mol. The molecule has 3 aliphatic rings. The largest absolute Gasteiger partial charge is 0.493 e. The molecule has 47 heavy (non-hydrogen) atoms. The Hall–Kier alpha value is -3.03. The maximum Gasteiger partial charge on any atom is 0.331 e. The first kappa shape index (κ1) is 33.9. The molecule has 8 heteroatoms. The second kappa shape index (κ2) is 14.2. The summed E-state index contributed by atoms with van der Waals surface area (Å²) in [4.78, 5) is 29.9. The molecule has 1 N–H and O–H groups in total. The summed E-state index contributed by atoms with van der Waals surface area (Å²) in [7, 11) is 1.48. The normalized spacial score (nSPS) is 25.5. The van der Waals surface area contributed by atoms with Crippen LogP contribution in [0.1, 0.15) is 99.6 Å². The zero-order valence-electron chi connectivity index (χ0n) is 28.1. The minimum absolute atomic E-state index is 0.0711. The fourth-order valence-corrected chi connectivity index (χ4v) is 9.34. The van der Waals surface area contributed by atoms with Crippen molar-refractivity contribution in [3.63, 3.8) is 0 Å². The number of carbonyl (C=O) groups excluding carboxylic acids is 2. The summed E-state index contributed by atoms with van der Waals surface area (Å²) in [6.07, 6.45) is 10.4. The van der Waals surface area contributed by atoms with E-state index in [-0.39, 0.29) is 16.5 Å². The van der Waals surface area contributed by atoms with Crippen LogP contribution in [0.15, 0.2) is 54.7 Å². The van der Waals surface area contributed by atoms with Crippen LogP contribution in [0.3, 0.4) is 0 Å². The van der Waals surface area contributed by atoms with Crippen LogP contribution in [-0.4, -0.2) is 35.3 Å². The Bertz CT molecular complexity index is 1620. The summed E-state index contributed by atoms with van der Waals surface area (Å²) in [5, 5.41) is 4.31. The summed E-state index contributed by atoms with van der Waals surface area (Å²) in [6.45, 7) is 6.89. The molecule has 1 fully saturated rings. The van der Waals surface area contributed by atoms with Crippen molar-refractivity contribution in [2.75, 3.05) is 19.0 Å². The smallest absolute Gasteiger partial charge is 0.331 e. The molecule has 0 amide bonds. The van der Waals surface area contributed by atoms with Crippen molar-refractivity contribution in [3.8, 4) is 5.75 Å². The lowest BCUT2D eigenvalue weighted by Crippen LogP contribution is -2.53. The molecule has 0 radical (unpaired) electrons. The van der Waals surface area contributed by atoms with Crippen molar-refractivity contribution in [3.05, 3.63) is 87.7 Å². The molecule has 1 saturated carbocycles. The summed E-state index contributed by atoms with van der Waals surface area (Å²) >= 11 is 7.68. The van der Waals surface area contributed by atoms with E-state index in [4.69, 9.17) is 21.1 Å². The first-order chi connectivity index (χ1) is 22.6. The van der Waals surface area contributed by atoms with Gasteiger partial charge in [0.2, 0.25) is 0 Å². The predicted molar refractivity (Wildman–Crippen MR) is 190 cm³/mol. The number of esters is 1. The number of nitrogens with one attached hydrogen (secondary N) is 1. The number of carbonyl (C=O) groups is 2. The second-order valence-corrected chi connectivity index (χ2v) is 15.7. The van der Waals surface area contributed by atoms with Gasteiger partial charge < -0.3 is 14.8 Å². The number of rotatable bonds is 10. The Kier molecular flexibility index (Phi) is 10.2. The van der Waals surface area contributed by atoms with Crippen molar-refractivity contribution < 1.29 is 19.1 Å². The number of anilines is 1. The summed E-state index contributed by atoms with van der Waals surface area (Å²) in [5.74, 6) is 2.67. The van der Waals surface area contributed by atoms with Crippen LogP contribution in [-0.2, 0) is 38.3 Å². The minimum atomic E-state index is -0.827. The number of pyridine rings is 1. The van der Waals surface area contributed by atoms with E-state index in [1.165, 1.54) is 59.7 Å². The number of aromatic nitrogens is 1. The molecule has 3 aliphatic carbocycles. The van der Waals surface area contributed by atoms with Crippen LogP contribution in [0.4, 0.5) is 5.69 Å². The van der Waals surface area contributed by atoms with Gasteiger partial charge in [-0.1, -0.05) is 61.5 Å². The van der Waals surface area contributed by atoms with Crippen molar-refractivity contribution >= 4 is 40.1 Å². The zero-order chi connectivity index (χ0) is 33.2. The van der Waals surface area contributed by atoms with E-state index < -0.39 is 5.54 Å². The van der Waals surface area contributed by atoms with Crippen molar-refractivity contribution in [2.45, 2.75) is 101 Å². The summed E-state index contributed by atoms with van der Waals surface area (Å²) in [6, 6.07) is 16.4. The van der Waals surface area contributed by atoms with Gasteiger partial charge >= 0.3 is 5.97 Å². The lowest BCUT2D eigenvalue weighted by molar-refractivity contribution is -0.148. The Morgan fingerprint density at radius 2 is 1.94 bits per heavy atom. The van der Waals surface area contributed by atoms with E-state index in [2.05, 4.69) is 42.3 Å². The molecule has 2 aromatic carbocycles. The first-order valence-corrected chi connectivity index (χ1v) is 18.5. The molecular weight excluding hydrogens is 628 g/mol. The number of hydrogen-bond acceptors (Lipinski definition) is 7. The van der Waals surface area contributed by atoms with Gasteiger partial charge in [0.05, 0.1) is 13.7 Å². The van der Waals surface area contributed by atoms with E-state index in [1.807, 2.05) is 36.5 Å². The zero-order valence-corrected chi connectivity index (χ0v) is 29.6. The van der Waals surface area contributed by atoms with Crippen LogP contribution in [0, 0.1) is 11.8 Å². The van der Waals surface area contributed by atoms with Crippen LogP contribution >= 0.6 is 23.4 Å². The highest BCUT2D eigenvalue weighted by Gasteiger charge is 2.54. The predicted octanol–water partition coefficient (Wildman–Crippen LogP) is 9.07. The molecule has 0 unspecified atom stereocenters. The Morgan fingerprint density at radius 1 is 1.13 bits per heavy atom. The van der Waals surface area contributed by atoms with Gasteiger partial charge in [0.15, 0.2) is 5.12 Å². The van der Waals surface area contributed by atoms with Gasteiger partial charge in [0.1, 0.15) is 11.3 Å². The van der Waals surface area contributed by atoms with Gasteiger partial charge in [-0.15, -0.1) is 0 Å². The summed E-state index contributed by atoms with van der Waals surface area (Å²) in [5.41, 5.74) is 6.39. The first-order valence-electron chi connectivity index (χ1n) is 17.1. The third kappa shape index (κ3) is 7.07. The highest BCUT2D eigenvalue weighted by atomic mass is 35.5. The van der Waals surface area contributed by atoms with Crippen LogP contribution in [0.25, 0.3) is 0 Å². The maximum atomic E-state index is 13.5. The number of nitrogens with zero attached hydrogens (tertiary/aromatic N) is 1. The van der Waals surface area contributed by atoms with Crippen molar-refractivity contribution in [2.24, 2.45) is 11.8 Å². The Balaban J connectivity index is 1.25. The SMILES string of the molecule is COC(=O)C1(Nc2cccc(Cl)c2)CCC2(CC1)c1cc(CSC(C)=O)ccc1C[C@@H]2C[C@@H](C)COc1ccnc2c1[C@H](C)CCC2. The van der Waals surface area contributed by atoms with Crippen molar-refractivity contribution in [1.29, 1.82) is 0 Å². The van der Waals surface area contributed by atoms with Crippen LogP contribution in [0.5, 0.6) is 5.75 Å². The number of benzene rings is 2. The van der Waals surface area contributed by atoms with Gasteiger partial charge in [-0.05, 0) is 122 Å². The third-order valence-corrected chi connectivity index (χ3v) is 12.1. The maximum absolute atomic E-state index is 13.5. The van der Waals surface area contributed by atoms with E-state index in [0.29, 0.717) is 48.0 Å². The molecule has 1 spiro atoms. The fraction of sp³-hybridized carbons (Fsp3) is 0.513. The Morgan fingerprint density at radius 3 is 2.68 bits per heavy atom. The fourth-order valence-electron chi connectivity index (χ4n) is 8.60. The number of hydrogen-bond donors (Lipinski definition) is 1. The third-order valence-electron chi connectivity index (χ3n) is 11.0. The number of ether oxygens (including phenoxy) is 2. The number of aryl methyl sites for hydroxylation is 1. The lowest BCUT2D eigenvalue weighted by atomic mass is 9.59. The molecule has 1 heterocycles. The topological polar surface area (TPSA) is 77.5 Å². The molecule has 6 rings (SSSR count). The lowest BCUT2D eigenvalue weighted by Gasteiger charge is -2.48. The van der Waals surface area contributed by atoms with E-state index in [1.54, 1.807) is 6.92 Å². The van der Waals surface area contributed by atoms with Gasteiger partial charge in [-0.2, -0.15) is 0 Å². The molecule has 0 bridgehead atoms. The van der Waals surface area contributed by atoms with Gasteiger partial charge in [0.25, 0.3) is 0 Å². The molecule has 0 aliphatic heterocycles. The van der Waals surface area contributed by atoms with Crippen molar-refractivity contribution in [1.82, 2.24) is 4.98 Å². The molecule has 6 nitrogen and oxygen atoms in total. The van der Waals surface area contributed by atoms with E-state index in [9.17, 15) is 9.59 Å². The molecule has 3 atom stereocenters. The minimum Gasteiger partial charge on any atom is -0.493 e. The van der Waals surface area contributed by atoms with E-state index in [0.717, 1.165) is 43.5 Å². The highest BCUT2D eigenvalue weighted by Crippen LogP contribution is 2.56. The van der Waals surface area contributed by atoms with Crippen LogP contribution < -0.4 is 10.1 Å². The molecular formula is C39H47ClN2O4S. The number of thioether (sulfide) groups is 1. The number of halogens is 1. The van der Waals surface area contributed by atoms with Gasteiger partial charge in [-0.25, -0.2) is 4.79 Å². The molecule has 3 aromatic rings. The number of methoxy groups -OCH3 is 1. The molecule has 250 valence electrons. The molecule has 0 saturated heterocycles. The van der Waals surface area contributed by atoms with Gasteiger partial charge in [0, 0.05) is 40.8 Å². The quantitative estimate of drug-likeness (QED) is 0.215. The average Bonchev–Trinajstić information content (AvgIpc) is 3.35. The molecule has 1 aromatic heterocycles. The second-order valence-electron chi connectivity index (χ2n) is 14.2. The number of fused-ring (bicyclic) bond motifs is 3. The Labute approximate surface area is 288 Å².